The molecule has 0 radical (unpaired) electrons. The summed E-state index contributed by atoms with van der Waals surface area (Å²) in [6, 6.07) is 6.88. The third kappa shape index (κ3) is 4.86. The van der Waals surface area contributed by atoms with Crippen LogP contribution in [0.15, 0.2) is 24.3 Å². The number of amides is 2. The van der Waals surface area contributed by atoms with E-state index in [0.717, 1.165) is 5.56 Å². The smallest absolute Gasteiger partial charge is 0.352 e. The first-order valence-corrected chi connectivity index (χ1v) is 7.53. The molecule has 1 heterocycles. The molecule has 1 unspecified atom stereocenters. The SMILES string of the molecule is O=C(NCc1ccc(Cl)cc1)C1CCCN(C(=O)C(F)(F)F)C1. The van der Waals surface area contributed by atoms with Gasteiger partial charge in [0.05, 0.1) is 5.92 Å². The number of halogens is 4. The molecule has 1 fully saturated rings. The van der Waals surface area contributed by atoms with Gasteiger partial charge in [-0.05, 0) is 30.5 Å². The van der Waals surface area contributed by atoms with E-state index in [4.69, 9.17) is 11.6 Å². The van der Waals surface area contributed by atoms with E-state index >= 15 is 0 Å². The molecular formula is C15H16ClF3N2O2. The van der Waals surface area contributed by atoms with Crippen LogP contribution in [-0.4, -0.2) is 36.0 Å². The highest BCUT2D eigenvalue weighted by Gasteiger charge is 2.44. The number of rotatable bonds is 3. The Labute approximate surface area is 136 Å². The van der Waals surface area contributed by atoms with Gasteiger partial charge in [-0.1, -0.05) is 23.7 Å². The van der Waals surface area contributed by atoms with Crippen molar-refractivity contribution in [3.63, 3.8) is 0 Å². The van der Waals surface area contributed by atoms with Gasteiger partial charge in [0.1, 0.15) is 0 Å². The highest BCUT2D eigenvalue weighted by Crippen LogP contribution is 2.24. The first-order valence-electron chi connectivity index (χ1n) is 7.15. The van der Waals surface area contributed by atoms with Gasteiger partial charge in [0.15, 0.2) is 0 Å². The van der Waals surface area contributed by atoms with Crippen molar-refractivity contribution in [1.82, 2.24) is 10.2 Å². The average molecular weight is 349 g/mol. The quantitative estimate of drug-likeness (QED) is 0.913. The number of hydrogen-bond donors (Lipinski definition) is 1. The number of hydrogen-bond acceptors (Lipinski definition) is 2. The Kier molecular flexibility index (Phi) is 5.51. The second-order valence-electron chi connectivity index (χ2n) is 5.43. The molecule has 0 saturated carbocycles. The number of nitrogens with zero attached hydrogens (tertiary/aromatic N) is 1. The molecule has 1 N–H and O–H groups in total. The average Bonchev–Trinajstić information content (AvgIpc) is 2.52. The fourth-order valence-corrected chi connectivity index (χ4v) is 2.62. The molecule has 1 aromatic carbocycles. The first-order chi connectivity index (χ1) is 10.8. The minimum Gasteiger partial charge on any atom is -0.352 e. The summed E-state index contributed by atoms with van der Waals surface area (Å²) in [5.74, 6) is -2.85. The Hall–Kier alpha value is -1.76. The molecule has 1 aromatic rings. The normalized spacial score (nSPS) is 18.6. The van der Waals surface area contributed by atoms with Crippen LogP contribution in [0.2, 0.25) is 5.02 Å². The Balaban J connectivity index is 1.89. The van der Waals surface area contributed by atoms with Gasteiger partial charge in [0.25, 0.3) is 0 Å². The molecule has 2 rings (SSSR count). The summed E-state index contributed by atoms with van der Waals surface area (Å²) in [7, 11) is 0. The lowest BCUT2D eigenvalue weighted by atomic mass is 9.97. The number of benzene rings is 1. The molecule has 0 aromatic heterocycles. The lowest BCUT2D eigenvalue weighted by Crippen LogP contribution is -2.49. The summed E-state index contributed by atoms with van der Waals surface area (Å²) < 4.78 is 37.4. The van der Waals surface area contributed by atoms with E-state index in [2.05, 4.69) is 5.32 Å². The van der Waals surface area contributed by atoms with E-state index in [1.165, 1.54) is 0 Å². The Bertz CT molecular complexity index is 575. The summed E-state index contributed by atoms with van der Waals surface area (Å²) in [4.78, 5) is 24.1. The number of carbonyl (C=O) groups excluding carboxylic acids is 2. The maximum Gasteiger partial charge on any atom is 0.471 e. The molecule has 0 aliphatic carbocycles. The second-order valence-corrected chi connectivity index (χ2v) is 5.87. The van der Waals surface area contributed by atoms with Crippen LogP contribution in [0.5, 0.6) is 0 Å². The van der Waals surface area contributed by atoms with Crippen molar-refractivity contribution in [2.45, 2.75) is 25.6 Å². The van der Waals surface area contributed by atoms with Gasteiger partial charge in [0.2, 0.25) is 5.91 Å². The summed E-state index contributed by atoms with van der Waals surface area (Å²) in [5.41, 5.74) is 0.835. The van der Waals surface area contributed by atoms with Gasteiger partial charge in [-0.25, -0.2) is 0 Å². The summed E-state index contributed by atoms with van der Waals surface area (Å²) in [5, 5.41) is 3.26. The zero-order valence-electron chi connectivity index (χ0n) is 12.2. The Morgan fingerprint density at radius 3 is 2.52 bits per heavy atom. The van der Waals surface area contributed by atoms with E-state index < -0.39 is 18.0 Å². The summed E-state index contributed by atoms with van der Waals surface area (Å²) >= 11 is 5.76. The van der Waals surface area contributed by atoms with Crippen LogP contribution in [0.25, 0.3) is 0 Å². The van der Waals surface area contributed by atoms with E-state index in [1.54, 1.807) is 24.3 Å². The maximum atomic E-state index is 12.5. The largest absolute Gasteiger partial charge is 0.471 e. The topological polar surface area (TPSA) is 49.4 Å². The van der Waals surface area contributed by atoms with Crippen LogP contribution < -0.4 is 5.32 Å². The van der Waals surface area contributed by atoms with Gasteiger partial charge in [-0.2, -0.15) is 13.2 Å². The van der Waals surface area contributed by atoms with Crippen LogP contribution in [0.1, 0.15) is 18.4 Å². The van der Waals surface area contributed by atoms with Crippen molar-refractivity contribution in [2.75, 3.05) is 13.1 Å². The zero-order chi connectivity index (χ0) is 17.0. The second kappa shape index (κ2) is 7.21. The maximum absolute atomic E-state index is 12.5. The third-order valence-corrected chi connectivity index (χ3v) is 3.95. The van der Waals surface area contributed by atoms with Crippen LogP contribution in [-0.2, 0) is 16.1 Å². The number of carbonyl (C=O) groups is 2. The molecule has 2 amide bonds. The first kappa shape index (κ1) is 17.6. The summed E-state index contributed by atoms with van der Waals surface area (Å²) in [6.07, 6.45) is -4.06. The zero-order valence-corrected chi connectivity index (χ0v) is 13.0. The van der Waals surface area contributed by atoms with Gasteiger partial charge in [-0.15, -0.1) is 0 Å². The Morgan fingerprint density at radius 2 is 1.91 bits per heavy atom. The van der Waals surface area contributed by atoms with Gasteiger partial charge < -0.3 is 10.2 Å². The molecular weight excluding hydrogens is 333 g/mol. The van der Waals surface area contributed by atoms with Crippen LogP contribution in [0.4, 0.5) is 13.2 Å². The van der Waals surface area contributed by atoms with Gasteiger partial charge >= 0.3 is 12.1 Å². The van der Waals surface area contributed by atoms with Gasteiger partial charge in [0, 0.05) is 24.7 Å². The van der Waals surface area contributed by atoms with Crippen molar-refractivity contribution in [1.29, 1.82) is 0 Å². The van der Waals surface area contributed by atoms with E-state index in [0.29, 0.717) is 22.8 Å². The Morgan fingerprint density at radius 1 is 1.26 bits per heavy atom. The number of piperidine rings is 1. The lowest BCUT2D eigenvalue weighted by Gasteiger charge is -2.32. The molecule has 1 aliphatic heterocycles. The molecule has 23 heavy (non-hydrogen) atoms. The molecule has 0 bridgehead atoms. The van der Waals surface area contributed by atoms with Crippen LogP contribution in [0.3, 0.4) is 0 Å². The van der Waals surface area contributed by atoms with E-state index in [9.17, 15) is 22.8 Å². The molecule has 1 aliphatic rings. The third-order valence-electron chi connectivity index (χ3n) is 3.70. The number of nitrogens with one attached hydrogen (secondary N) is 1. The highest BCUT2D eigenvalue weighted by atomic mass is 35.5. The van der Waals surface area contributed by atoms with Crippen molar-refractivity contribution < 1.29 is 22.8 Å². The van der Waals surface area contributed by atoms with Crippen LogP contribution >= 0.6 is 11.6 Å². The minimum absolute atomic E-state index is 0.0271. The monoisotopic (exact) mass is 348 g/mol. The van der Waals surface area contributed by atoms with Crippen molar-refractivity contribution in [3.8, 4) is 0 Å². The van der Waals surface area contributed by atoms with Crippen molar-refractivity contribution in [3.05, 3.63) is 34.9 Å². The fraction of sp³-hybridized carbons (Fsp3) is 0.467. The molecule has 0 spiro atoms. The molecule has 1 saturated heterocycles. The minimum atomic E-state index is -4.90. The summed E-state index contributed by atoms with van der Waals surface area (Å²) in [6.45, 7) is 0.0871. The fourth-order valence-electron chi connectivity index (χ4n) is 2.49. The molecule has 8 heteroatoms. The van der Waals surface area contributed by atoms with Gasteiger partial charge in [-0.3, -0.25) is 9.59 Å². The standard InChI is InChI=1S/C15H16ClF3N2O2/c16-12-5-3-10(4-6-12)8-20-13(22)11-2-1-7-21(9-11)14(23)15(17,18)19/h3-6,11H,1-2,7-9H2,(H,20,22). The van der Waals surface area contributed by atoms with E-state index in [1.807, 2.05) is 0 Å². The number of likely N-dealkylation sites (tertiary alicyclic amines) is 1. The highest BCUT2D eigenvalue weighted by molar-refractivity contribution is 6.30. The predicted octanol–water partition coefficient (Wildman–Crippen LogP) is 2.76. The van der Waals surface area contributed by atoms with Crippen molar-refractivity contribution in [2.24, 2.45) is 5.92 Å². The van der Waals surface area contributed by atoms with Crippen LogP contribution in [0, 0.1) is 5.92 Å². The van der Waals surface area contributed by atoms with Crippen molar-refractivity contribution >= 4 is 23.4 Å². The lowest BCUT2D eigenvalue weighted by molar-refractivity contribution is -0.187. The molecule has 126 valence electrons. The molecule has 4 nitrogen and oxygen atoms in total. The van der Waals surface area contributed by atoms with E-state index in [-0.39, 0.29) is 25.5 Å². The molecule has 1 atom stereocenters. The predicted molar refractivity (Wildman–Crippen MR) is 78.7 cm³/mol. The number of alkyl halides is 3.